The highest BCUT2D eigenvalue weighted by atomic mass is 35.5. The summed E-state index contributed by atoms with van der Waals surface area (Å²) >= 11 is 5.95. The van der Waals surface area contributed by atoms with Crippen molar-refractivity contribution in [2.45, 2.75) is 57.2 Å². The smallest absolute Gasteiger partial charge is 0.170 e. The maximum absolute atomic E-state index is 13.8. The molecule has 0 radical (unpaired) electrons. The maximum Gasteiger partial charge on any atom is 0.170 e. The Labute approximate surface area is 130 Å². The molecule has 1 saturated carbocycles. The van der Waals surface area contributed by atoms with E-state index in [1.165, 1.54) is 18.9 Å². The van der Waals surface area contributed by atoms with Gasteiger partial charge in [0.05, 0.1) is 5.02 Å². The number of phenolic OH excluding ortho intramolecular Hbond substituents is 1. The van der Waals surface area contributed by atoms with Crippen molar-refractivity contribution in [3.8, 4) is 5.75 Å². The van der Waals surface area contributed by atoms with Crippen molar-refractivity contribution in [2.24, 2.45) is 0 Å². The second kappa shape index (κ2) is 5.33. The van der Waals surface area contributed by atoms with Crippen molar-refractivity contribution in [3.63, 3.8) is 0 Å². The number of benzene rings is 1. The molecular formula is C16H22ClFN2O. The monoisotopic (exact) mass is 312 g/mol. The molecule has 1 saturated heterocycles. The number of phenols is 1. The molecule has 5 heteroatoms. The zero-order valence-corrected chi connectivity index (χ0v) is 13.3. The average Bonchev–Trinajstić information content (AvgIpc) is 2.42. The first-order chi connectivity index (χ1) is 9.87. The number of rotatable bonds is 1. The first-order valence-electron chi connectivity index (χ1n) is 7.60. The van der Waals surface area contributed by atoms with E-state index in [-0.39, 0.29) is 10.6 Å². The number of anilines is 1. The molecule has 3 rings (SSSR count). The van der Waals surface area contributed by atoms with Crippen LogP contribution < -0.4 is 10.2 Å². The molecule has 0 amide bonds. The molecule has 116 valence electrons. The van der Waals surface area contributed by atoms with Crippen LogP contribution in [0.4, 0.5) is 10.1 Å². The van der Waals surface area contributed by atoms with Gasteiger partial charge in [-0.1, -0.05) is 24.4 Å². The lowest BCUT2D eigenvalue weighted by Gasteiger charge is -2.52. The summed E-state index contributed by atoms with van der Waals surface area (Å²) in [5.41, 5.74) is 0.737. The van der Waals surface area contributed by atoms with Crippen LogP contribution in [-0.2, 0) is 0 Å². The van der Waals surface area contributed by atoms with E-state index in [0.29, 0.717) is 12.1 Å². The molecule has 2 fully saturated rings. The van der Waals surface area contributed by atoms with Crippen LogP contribution in [0.5, 0.6) is 5.75 Å². The number of nitrogens with zero attached hydrogens (tertiary/aromatic N) is 1. The molecule has 0 aromatic heterocycles. The number of piperazine rings is 1. The molecule has 0 unspecified atom stereocenters. The van der Waals surface area contributed by atoms with Crippen molar-refractivity contribution in [1.29, 1.82) is 0 Å². The third-order valence-corrected chi connectivity index (χ3v) is 4.89. The predicted molar refractivity (Wildman–Crippen MR) is 83.7 cm³/mol. The quantitative estimate of drug-likeness (QED) is 0.830. The molecule has 1 aliphatic carbocycles. The second-order valence-corrected chi connectivity index (χ2v) is 7.28. The van der Waals surface area contributed by atoms with Crippen LogP contribution in [0.1, 0.15) is 39.5 Å². The Balaban J connectivity index is 1.98. The molecule has 0 bridgehead atoms. The third-order valence-electron chi connectivity index (χ3n) is 4.60. The van der Waals surface area contributed by atoms with E-state index in [1.807, 2.05) is 0 Å². The van der Waals surface area contributed by atoms with E-state index in [0.717, 1.165) is 25.1 Å². The number of fused-ring (bicyclic) bond motifs is 1. The van der Waals surface area contributed by atoms with Gasteiger partial charge in [-0.05, 0) is 32.8 Å². The molecule has 2 atom stereocenters. The zero-order valence-electron chi connectivity index (χ0n) is 12.5. The van der Waals surface area contributed by atoms with Gasteiger partial charge < -0.3 is 15.3 Å². The van der Waals surface area contributed by atoms with Gasteiger partial charge in [0.25, 0.3) is 0 Å². The van der Waals surface area contributed by atoms with Gasteiger partial charge in [0.2, 0.25) is 0 Å². The van der Waals surface area contributed by atoms with Crippen molar-refractivity contribution in [2.75, 3.05) is 11.4 Å². The van der Waals surface area contributed by atoms with Gasteiger partial charge in [-0.3, -0.25) is 0 Å². The summed E-state index contributed by atoms with van der Waals surface area (Å²) in [6.45, 7) is 5.14. The number of halogens is 2. The fourth-order valence-electron chi connectivity index (χ4n) is 3.74. The Bertz CT molecular complexity index is 526. The number of hydrogen-bond acceptors (Lipinski definition) is 3. The molecule has 2 aliphatic rings. The van der Waals surface area contributed by atoms with Crippen LogP contribution in [0.15, 0.2) is 12.1 Å². The van der Waals surface area contributed by atoms with E-state index in [2.05, 4.69) is 24.1 Å². The molecule has 1 aromatic carbocycles. The number of aromatic hydroxyl groups is 1. The second-order valence-electron chi connectivity index (χ2n) is 6.87. The minimum Gasteiger partial charge on any atom is -0.504 e. The normalized spacial score (nSPS) is 28.3. The van der Waals surface area contributed by atoms with E-state index < -0.39 is 11.6 Å². The summed E-state index contributed by atoms with van der Waals surface area (Å²) in [6.07, 6.45) is 4.70. The van der Waals surface area contributed by atoms with Gasteiger partial charge in [-0.15, -0.1) is 0 Å². The highest BCUT2D eigenvalue weighted by Crippen LogP contribution is 2.37. The van der Waals surface area contributed by atoms with Crippen molar-refractivity contribution in [3.05, 3.63) is 23.0 Å². The highest BCUT2D eigenvalue weighted by Gasteiger charge is 2.40. The van der Waals surface area contributed by atoms with Gasteiger partial charge in [-0.2, -0.15) is 0 Å². The lowest BCUT2D eigenvalue weighted by Crippen LogP contribution is -2.67. The molecule has 1 aliphatic heterocycles. The molecule has 1 aromatic rings. The molecule has 1 heterocycles. The Hall–Kier alpha value is -1.00. The fourth-order valence-corrected chi connectivity index (χ4v) is 3.95. The van der Waals surface area contributed by atoms with Crippen LogP contribution in [0.2, 0.25) is 5.02 Å². The van der Waals surface area contributed by atoms with Crippen LogP contribution in [-0.4, -0.2) is 29.3 Å². The topological polar surface area (TPSA) is 35.5 Å². The van der Waals surface area contributed by atoms with E-state index in [1.54, 1.807) is 6.07 Å². The lowest BCUT2D eigenvalue weighted by atomic mass is 9.83. The van der Waals surface area contributed by atoms with Crippen LogP contribution >= 0.6 is 11.6 Å². The minimum atomic E-state index is -0.652. The van der Waals surface area contributed by atoms with E-state index >= 15 is 0 Å². The summed E-state index contributed by atoms with van der Waals surface area (Å²) in [7, 11) is 0. The molecular weight excluding hydrogens is 291 g/mol. The predicted octanol–water partition coefficient (Wildman–Crippen LogP) is 3.68. The Morgan fingerprint density at radius 3 is 2.76 bits per heavy atom. The van der Waals surface area contributed by atoms with E-state index in [9.17, 15) is 9.50 Å². The van der Waals surface area contributed by atoms with Gasteiger partial charge in [0, 0.05) is 35.9 Å². The van der Waals surface area contributed by atoms with Crippen molar-refractivity contribution >= 4 is 17.3 Å². The molecule has 0 spiro atoms. The summed E-state index contributed by atoms with van der Waals surface area (Å²) in [5, 5.41) is 13.3. The van der Waals surface area contributed by atoms with Crippen molar-refractivity contribution in [1.82, 2.24) is 5.32 Å². The lowest BCUT2D eigenvalue weighted by molar-refractivity contribution is 0.199. The maximum atomic E-state index is 13.8. The van der Waals surface area contributed by atoms with E-state index in [4.69, 9.17) is 11.6 Å². The number of nitrogens with one attached hydrogen (secondary N) is 1. The van der Waals surface area contributed by atoms with Crippen LogP contribution in [0.3, 0.4) is 0 Å². The average molecular weight is 313 g/mol. The largest absolute Gasteiger partial charge is 0.504 e. The first kappa shape index (κ1) is 14.9. The third kappa shape index (κ3) is 2.84. The standard InChI is InChI=1S/C16H22ClFN2O/c1-16(2)9-20(14-6-4-3-5-13(14)19-16)10-7-11(17)15(21)12(18)8-10/h7-8,13-14,19,21H,3-6,9H2,1-2H3/t13-,14-/m1/s1. The Morgan fingerprint density at radius 2 is 2.05 bits per heavy atom. The molecule has 3 nitrogen and oxygen atoms in total. The summed E-state index contributed by atoms with van der Waals surface area (Å²) in [6, 6.07) is 3.87. The minimum absolute atomic E-state index is 0.0284. The zero-order chi connectivity index (χ0) is 15.2. The Kier molecular flexibility index (Phi) is 3.78. The molecule has 2 N–H and O–H groups in total. The Morgan fingerprint density at radius 1 is 1.33 bits per heavy atom. The van der Waals surface area contributed by atoms with Crippen LogP contribution in [0, 0.1) is 5.82 Å². The summed E-state index contributed by atoms with van der Waals surface area (Å²) < 4.78 is 13.8. The van der Waals surface area contributed by atoms with Crippen molar-refractivity contribution < 1.29 is 9.50 Å². The SMILES string of the molecule is CC1(C)CN(c2cc(F)c(O)c(Cl)c2)[C@@H]2CCCC[C@H]2N1. The van der Waals surface area contributed by atoms with Gasteiger partial charge in [0.1, 0.15) is 0 Å². The first-order valence-corrected chi connectivity index (χ1v) is 7.97. The molecule has 21 heavy (non-hydrogen) atoms. The van der Waals surface area contributed by atoms with Crippen LogP contribution in [0.25, 0.3) is 0 Å². The van der Waals surface area contributed by atoms with Gasteiger partial charge in [-0.25, -0.2) is 4.39 Å². The summed E-state index contributed by atoms with van der Waals surface area (Å²) in [4.78, 5) is 2.26. The fraction of sp³-hybridized carbons (Fsp3) is 0.625. The number of hydrogen-bond donors (Lipinski definition) is 2. The summed E-state index contributed by atoms with van der Waals surface area (Å²) in [5.74, 6) is -1.11. The van der Waals surface area contributed by atoms with Gasteiger partial charge in [0.15, 0.2) is 11.6 Å². The highest BCUT2D eigenvalue weighted by molar-refractivity contribution is 6.32. The van der Waals surface area contributed by atoms with Gasteiger partial charge >= 0.3 is 0 Å².